The Balaban J connectivity index is 3.51. The van der Waals surface area contributed by atoms with Gasteiger partial charge in [0.2, 0.25) is 0 Å². The van der Waals surface area contributed by atoms with Crippen LogP contribution in [0.15, 0.2) is 0 Å². The molecule has 0 amide bonds. The van der Waals surface area contributed by atoms with Gasteiger partial charge in [-0.25, -0.2) is 0 Å². The predicted octanol–water partition coefficient (Wildman–Crippen LogP) is 5.42. The van der Waals surface area contributed by atoms with E-state index in [4.69, 9.17) is 0 Å². The fraction of sp³-hybridized carbons (Fsp3) is 1.00. The summed E-state index contributed by atoms with van der Waals surface area (Å²) in [6, 6.07) is 0. The first-order valence-corrected chi connectivity index (χ1v) is 6.70. The molecular weight excluding hydrogens is 168 g/mol. The second-order valence-electron chi connectivity index (χ2n) is 5.13. The lowest BCUT2D eigenvalue weighted by molar-refractivity contribution is 0.349. The van der Waals surface area contributed by atoms with Crippen molar-refractivity contribution in [1.29, 1.82) is 0 Å². The molecule has 0 aromatic heterocycles. The highest BCUT2D eigenvalue weighted by molar-refractivity contribution is 4.61. The van der Waals surface area contributed by atoms with Gasteiger partial charge in [-0.2, -0.15) is 0 Å². The van der Waals surface area contributed by atoms with Crippen LogP contribution in [0.5, 0.6) is 0 Å². The highest BCUT2D eigenvalue weighted by atomic mass is 14.1. The lowest BCUT2D eigenvalue weighted by Gasteiger charge is -2.18. The van der Waals surface area contributed by atoms with Crippen LogP contribution >= 0.6 is 0 Å². The van der Waals surface area contributed by atoms with E-state index < -0.39 is 0 Å². The van der Waals surface area contributed by atoms with Crippen LogP contribution in [0.4, 0.5) is 0 Å². The molecule has 1 unspecified atom stereocenters. The molecule has 0 nitrogen and oxygen atoms in total. The van der Waals surface area contributed by atoms with E-state index in [2.05, 4.69) is 27.7 Å². The maximum Gasteiger partial charge on any atom is -0.0412 e. The minimum Gasteiger partial charge on any atom is -0.0654 e. The number of unbranched alkanes of at least 4 members (excludes halogenated alkanes) is 3. The molecule has 0 aromatic rings. The molecule has 0 bridgehead atoms. The van der Waals surface area contributed by atoms with E-state index in [1.54, 1.807) is 0 Å². The summed E-state index contributed by atoms with van der Waals surface area (Å²) in [6.45, 7) is 9.32. The van der Waals surface area contributed by atoms with Crippen molar-refractivity contribution in [2.24, 2.45) is 11.8 Å². The highest BCUT2D eigenvalue weighted by Crippen LogP contribution is 2.23. The second-order valence-corrected chi connectivity index (χ2v) is 5.13. The Hall–Kier alpha value is 0. The van der Waals surface area contributed by atoms with Crippen LogP contribution < -0.4 is 0 Å². The second kappa shape index (κ2) is 9.55. The zero-order valence-corrected chi connectivity index (χ0v) is 10.8. The third kappa shape index (κ3) is 8.59. The molecule has 0 aliphatic rings. The first-order valence-electron chi connectivity index (χ1n) is 6.70. The zero-order chi connectivity index (χ0) is 10.8. The molecule has 14 heavy (non-hydrogen) atoms. The maximum atomic E-state index is 2.36. The summed E-state index contributed by atoms with van der Waals surface area (Å²) in [4.78, 5) is 0. The average molecular weight is 198 g/mol. The molecule has 0 rings (SSSR count). The van der Waals surface area contributed by atoms with E-state index >= 15 is 0 Å². The molecule has 0 spiro atoms. The molecule has 0 fully saturated rings. The Bertz CT molecular complexity index is 105. The maximum absolute atomic E-state index is 2.36. The van der Waals surface area contributed by atoms with E-state index in [0.29, 0.717) is 0 Å². The van der Waals surface area contributed by atoms with Crippen LogP contribution in [0.1, 0.15) is 79.1 Å². The Kier molecular flexibility index (Phi) is 9.55. The molecule has 86 valence electrons. The van der Waals surface area contributed by atoms with Gasteiger partial charge in [0.1, 0.15) is 0 Å². The van der Waals surface area contributed by atoms with Gasteiger partial charge in [-0.1, -0.05) is 72.6 Å². The lowest BCUT2D eigenvalue weighted by atomic mass is 9.88. The van der Waals surface area contributed by atoms with Gasteiger partial charge in [0, 0.05) is 0 Å². The first-order chi connectivity index (χ1) is 6.70. The summed E-state index contributed by atoms with van der Waals surface area (Å²) >= 11 is 0. The van der Waals surface area contributed by atoms with Crippen molar-refractivity contribution >= 4 is 0 Å². The summed E-state index contributed by atoms with van der Waals surface area (Å²) < 4.78 is 0. The fourth-order valence-corrected chi connectivity index (χ4v) is 2.31. The van der Waals surface area contributed by atoms with Crippen molar-refractivity contribution < 1.29 is 0 Å². The van der Waals surface area contributed by atoms with Gasteiger partial charge in [-0.05, 0) is 18.3 Å². The monoisotopic (exact) mass is 198 g/mol. The summed E-state index contributed by atoms with van der Waals surface area (Å²) in [5.74, 6) is 1.90. The number of hydrogen-bond acceptors (Lipinski definition) is 0. The minimum atomic E-state index is 0.887. The van der Waals surface area contributed by atoms with Crippen molar-refractivity contribution in [3.05, 3.63) is 0 Å². The van der Waals surface area contributed by atoms with Gasteiger partial charge in [0.25, 0.3) is 0 Å². The Morgan fingerprint density at radius 3 is 2.00 bits per heavy atom. The first kappa shape index (κ1) is 14.0. The van der Waals surface area contributed by atoms with Crippen LogP contribution in [-0.2, 0) is 0 Å². The molecule has 0 heterocycles. The topological polar surface area (TPSA) is 0 Å². The molecule has 0 aliphatic heterocycles. The van der Waals surface area contributed by atoms with E-state index in [1.165, 1.54) is 51.4 Å². The Morgan fingerprint density at radius 1 is 0.786 bits per heavy atom. The van der Waals surface area contributed by atoms with Gasteiger partial charge >= 0.3 is 0 Å². The van der Waals surface area contributed by atoms with E-state index in [9.17, 15) is 0 Å². The smallest absolute Gasteiger partial charge is 0.0412 e. The van der Waals surface area contributed by atoms with Gasteiger partial charge < -0.3 is 0 Å². The summed E-state index contributed by atoms with van der Waals surface area (Å²) in [5.41, 5.74) is 0. The van der Waals surface area contributed by atoms with Crippen LogP contribution in [-0.4, -0.2) is 0 Å². The fourth-order valence-electron chi connectivity index (χ4n) is 2.31. The zero-order valence-electron chi connectivity index (χ0n) is 10.8. The minimum absolute atomic E-state index is 0.887. The molecule has 0 aromatic carbocycles. The molecule has 0 aliphatic carbocycles. The van der Waals surface area contributed by atoms with Crippen molar-refractivity contribution in [2.75, 3.05) is 0 Å². The molecule has 0 saturated heterocycles. The largest absolute Gasteiger partial charge is 0.0654 e. The molecular formula is C14H30. The highest BCUT2D eigenvalue weighted by Gasteiger charge is 2.09. The van der Waals surface area contributed by atoms with E-state index in [1.807, 2.05) is 0 Å². The molecule has 0 heteroatoms. The van der Waals surface area contributed by atoms with Crippen LogP contribution in [0.25, 0.3) is 0 Å². The SMILES string of the molecule is CCCCCCC(CCC)CC(C)C. The van der Waals surface area contributed by atoms with Crippen molar-refractivity contribution in [3.63, 3.8) is 0 Å². The third-order valence-electron chi connectivity index (χ3n) is 2.97. The van der Waals surface area contributed by atoms with Gasteiger partial charge in [-0.3, -0.25) is 0 Å². The van der Waals surface area contributed by atoms with Crippen LogP contribution in [0.3, 0.4) is 0 Å². The average Bonchev–Trinajstić information content (AvgIpc) is 2.12. The predicted molar refractivity (Wildman–Crippen MR) is 66.6 cm³/mol. The molecule has 1 atom stereocenters. The standard InChI is InChI=1S/C14H30/c1-5-7-8-9-11-14(10-6-2)12-13(3)4/h13-14H,5-12H2,1-4H3. The molecule has 0 N–H and O–H groups in total. The van der Waals surface area contributed by atoms with E-state index in [0.717, 1.165) is 11.8 Å². The van der Waals surface area contributed by atoms with Gasteiger partial charge in [-0.15, -0.1) is 0 Å². The third-order valence-corrected chi connectivity index (χ3v) is 2.97. The quantitative estimate of drug-likeness (QED) is 0.434. The summed E-state index contributed by atoms with van der Waals surface area (Å²) in [7, 11) is 0. The molecule has 0 saturated carbocycles. The molecule has 0 radical (unpaired) electrons. The normalized spacial score (nSPS) is 13.5. The van der Waals surface area contributed by atoms with E-state index in [-0.39, 0.29) is 0 Å². The summed E-state index contributed by atoms with van der Waals surface area (Å²) in [6.07, 6.45) is 11.4. The van der Waals surface area contributed by atoms with Crippen molar-refractivity contribution in [1.82, 2.24) is 0 Å². The van der Waals surface area contributed by atoms with Crippen LogP contribution in [0, 0.1) is 11.8 Å². The lowest BCUT2D eigenvalue weighted by Crippen LogP contribution is -2.04. The Labute approximate surface area is 91.5 Å². The van der Waals surface area contributed by atoms with Crippen molar-refractivity contribution in [3.8, 4) is 0 Å². The number of rotatable bonds is 9. The summed E-state index contributed by atoms with van der Waals surface area (Å²) in [5, 5.41) is 0. The van der Waals surface area contributed by atoms with Gasteiger partial charge in [0.15, 0.2) is 0 Å². The van der Waals surface area contributed by atoms with Crippen molar-refractivity contribution in [2.45, 2.75) is 79.1 Å². The van der Waals surface area contributed by atoms with Gasteiger partial charge in [0.05, 0.1) is 0 Å². The number of hydrogen-bond donors (Lipinski definition) is 0. The Morgan fingerprint density at radius 2 is 1.50 bits per heavy atom. The van der Waals surface area contributed by atoms with Crippen LogP contribution in [0.2, 0.25) is 0 Å².